The zero-order valence-corrected chi connectivity index (χ0v) is 15.9. The topological polar surface area (TPSA) is 62.3 Å². The Morgan fingerprint density at radius 3 is 2.69 bits per heavy atom. The maximum absolute atomic E-state index is 13.1. The van der Waals surface area contributed by atoms with Crippen LogP contribution in [0.15, 0.2) is 66.9 Å². The number of carbonyl (C=O) groups is 2. The van der Waals surface area contributed by atoms with Crippen molar-refractivity contribution in [2.45, 2.75) is 25.9 Å². The van der Waals surface area contributed by atoms with E-state index >= 15 is 0 Å². The average Bonchev–Trinajstić information content (AvgIpc) is 3.08. The fraction of sp³-hybridized carbons (Fsp3) is 0.174. The van der Waals surface area contributed by atoms with Crippen LogP contribution in [0.5, 0.6) is 0 Å². The first-order valence-corrected chi connectivity index (χ1v) is 9.43. The first kappa shape index (κ1) is 18.8. The molecule has 0 saturated heterocycles. The molecule has 2 aromatic carbocycles. The largest absolute Gasteiger partial charge is 0.348 e. The lowest BCUT2D eigenvalue weighted by Crippen LogP contribution is -2.36. The molecular formula is C23H20FN3O2. The molecule has 0 radical (unpaired) electrons. The Labute approximate surface area is 168 Å². The molecule has 4 rings (SSSR count). The van der Waals surface area contributed by atoms with E-state index in [1.165, 1.54) is 24.4 Å². The third-order valence-electron chi connectivity index (χ3n) is 5.03. The molecule has 0 aliphatic carbocycles. The number of nitrogens with zero attached hydrogens (tertiary/aromatic N) is 2. The number of halogens is 1. The van der Waals surface area contributed by atoms with Crippen LogP contribution in [0.3, 0.4) is 0 Å². The maximum Gasteiger partial charge on any atom is 0.277 e. The first-order chi connectivity index (χ1) is 14.0. The lowest BCUT2D eigenvalue weighted by atomic mass is 10.1. The van der Waals surface area contributed by atoms with E-state index in [4.69, 9.17) is 0 Å². The molecule has 2 amide bonds. The van der Waals surface area contributed by atoms with Gasteiger partial charge in [-0.15, -0.1) is 0 Å². The molecule has 1 aromatic heterocycles. The van der Waals surface area contributed by atoms with E-state index in [2.05, 4.69) is 10.3 Å². The van der Waals surface area contributed by atoms with Crippen molar-refractivity contribution >= 4 is 17.5 Å². The van der Waals surface area contributed by atoms with Gasteiger partial charge in [-0.05, 0) is 54.8 Å². The molecule has 0 spiro atoms. The highest BCUT2D eigenvalue weighted by atomic mass is 19.1. The molecule has 1 unspecified atom stereocenters. The highest BCUT2D eigenvalue weighted by molar-refractivity contribution is 6.07. The van der Waals surface area contributed by atoms with Crippen molar-refractivity contribution in [2.75, 3.05) is 4.90 Å². The quantitative estimate of drug-likeness (QED) is 0.739. The third kappa shape index (κ3) is 3.87. The standard InChI is InChI=1S/C23H20FN3O2/c1-15-12-17-4-2-3-5-21(17)27(15)23(29)20-13-18(10-11-25-20)22(28)26-14-16-6-8-19(24)9-7-16/h2-11,13,15H,12,14H2,1H3,(H,26,28). The predicted molar refractivity (Wildman–Crippen MR) is 108 cm³/mol. The van der Waals surface area contributed by atoms with E-state index in [1.807, 2.05) is 31.2 Å². The molecule has 6 heteroatoms. The van der Waals surface area contributed by atoms with Gasteiger partial charge in [-0.1, -0.05) is 30.3 Å². The summed E-state index contributed by atoms with van der Waals surface area (Å²) in [6, 6.07) is 16.8. The summed E-state index contributed by atoms with van der Waals surface area (Å²) in [6.07, 6.45) is 2.26. The second-order valence-electron chi connectivity index (χ2n) is 7.10. The number of anilines is 1. The van der Waals surface area contributed by atoms with Crippen molar-refractivity contribution in [3.05, 3.63) is 95.1 Å². The van der Waals surface area contributed by atoms with Crippen LogP contribution < -0.4 is 10.2 Å². The van der Waals surface area contributed by atoms with Crippen LogP contribution in [0.1, 0.15) is 38.9 Å². The fourth-order valence-electron chi connectivity index (χ4n) is 3.57. The smallest absolute Gasteiger partial charge is 0.277 e. The molecule has 1 aliphatic heterocycles. The molecule has 0 fully saturated rings. The molecule has 5 nitrogen and oxygen atoms in total. The maximum atomic E-state index is 13.1. The SMILES string of the molecule is CC1Cc2ccccc2N1C(=O)c1cc(C(=O)NCc2ccc(F)cc2)ccn1. The van der Waals surface area contributed by atoms with Gasteiger partial charge in [0.15, 0.2) is 0 Å². The number of para-hydroxylation sites is 1. The van der Waals surface area contributed by atoms with Crippen LogP contribution >= 0.6 is 0 Å². The van der Waals surface area contributed by atoms with Crippen LogP contribution in [0.25, 0.3) is 0 Å². The summed E-state index contributed by atoms with van der Waals surface area (Å²) in [5.41, 5.74) is 3.38. The van der Waals surface area contributed by atoms with E-state index < -0.39 is 0 Å². The summed E-state index contributed by atoms with van der Waals surface area (Å²) >= 11 is 0. The monoisotopic (exact) mass is 389 g/mol. The van der Waals surface area contributed by atoms with Crippen LogP contribution in [-0.2, 0) is 13.0 Å². The van der Waals surface area contributed by atoms with Gasteiger partial charge in [0, 0.05) is 30.0 Å². The van der Waals surface area contributed by atoms with Gasteiger partial charge >= 0.3 is 0 Å². The summed E-state index contributed by atoms with van der Waals surface area (Å²) in [5, 5.41) is 2.78. The molecule has 2 heterocycles. The number of pyridine rings is 1. The van der Waals surface area contributed by atoms with Gasteiger partial charge in [0.25, 0.3) is 11.8 Å². The third-order valence-corrected chi connectivity index (χ3v) is 5.03. The minimum Gasteiger partial charge on any atom is -0.348 e. The summed E-state index contributed by atoms with van der Waals surface area (Å²) in [6.45, 7) is 2.26. The second-order valence-corrected chi connectivity index (χ2v) is 7.10. The number of amides is 2. The van der Waals surface area contributed by atoms with E-state index in [1.54, 1.807) is 23.1 Å². The van der Waals surface area contributed by atoms with E-state index in [0.717, 1.165) is 23.2 Å². The van der Waals surface area contributed by atoms with Gasteiger partial charge in [-0.25, -0.2) is 4.39 Å². The number of aromatic nitrogens is 1. The van der Waals surface area contributed by atoms with Crippen molar-refractivity contribution in [2.24, 2.45) is 0 Å². The summed E-state index contributed by atoms with van der Waals surface area (Å²) in [7, 11) is 0. The Bertz CT molecular complexity index is 1070. The number of fused-ring (bicyclic) bond motifs is 1. The van der Waals surface area contributed by atoms with Crippen LogP contribution in [-0.4, -0.2) is 22.8 Å². The zero-order chi connectivity index (χ0) is 20.4. The number of benzene rings is 2. The highest BCUT2D eigenvalue weighted by Gasteiger charge is 2.32. The Balaban J connectivity index is 1.50. The second kappa shape index (κ2) is 7.83. The zero-order valence-electron chi connectivity index (χ0n) is 15.9. The summed E-state index contributed by atoms with van der Waals surface area (Å²) in [4.78, 5) is 31.5. The van der Waals surface area contributed by atoms with Crippen LogP contribution in [0.4, 0.5) is 10.1 Å². The lowest BCUT2D eigenvalue weighted by molar-refractivity contribution is 0.0951. The van der Waals surface area contributed by atoms with E-state index in [-0.39, 0.29) is 35.9 Å². The Kier molecular flexibility index (Phi) is 5.08. The number of rotatable bonds is 4. The molecule has 29 heavy (non-hydrogen) atoms. The average molecular weight is 389 g/mol. The molecule has 146 valence electrons. The normalized spacial score (nSPS) is 15.1. The minimum atomic E-state index is -0.324. The Hall–Kier alpha value is -3.54. The van der Waals surface area contributed by atoms with Crippen molar-refractivity contribution in [1.29, 1.82) is 0 Å². The summed E-state index contributed by atoms with van der Waals surface area (Å²) < 4.78 is 13.0. The minimum absolute atomic E-state index is 0.0256. The van der Waals surface area contributed by atoms with Gasteiger partial charge in [-0.2, -0.15) is 0 Å². The number of hydrogen-bond acceptors (Lipinski definition) is 3. The van der Waals surface area contributed by atoms with Crippen LogP contribution in [0, 0.1) is 5.82 Å². The lowest BCUT2D eigenvalue weighted by Gasteiger charge is -2.22. The van der Waals surface area contributed by atoms with Gasteiger partial charge < -0.3 is 10.2 Å². The number of nitrogens with one attached hydrogen (secondary N) is 1. The number of hydrogen-bond donors (Lipinski definition) is 1. The van der Waals surface area contributed by atoms with Crippen molar-refractivity contribution < 1.29 is 14.0 Å². The van der Waals surface area contributed by atoms with Gasteiger partial charge in [0.1, 0.15) is 11.5 Å². The van der Waals surface area contributed by atoms with Gasteiger partial charge in [0.2, 0.25) is 0 Å². The molecular weight excluding hydrogens is 369 g/mol. The Morgan fingerprint density at radius 1 is 1.14 bits per heavy atom. The van der Waals surface area contributed by atoms with Gasteiger partial charge in [0.05, 0.1) is 0 Å². The van der Waals surface area contributed by atoms with Crippen LogP contribution in [0.2, 0.25) is 0 Å². The highest BCUT2D eigenvalue weighted by Crippen LogP contribution is 2.32. The molecule has 3 aromatic rings. The fourth-order valence-corrected chi connectivity index (χ4v) is 3.57. The van der Waals surface area contributed by atoms with E-state index in [0.29, 0.717) is 5.56 Å². The molecule has 0 saturated carbocycles. The molecule has 1 N–H and O–H groups in total. The van der Waals surface area contributed by atoms with Crippen molar-refractivity contribution in [1.82, 2.24) is 10.3 Å². The van der Waals surface area contributed by atoms with E-state index in [9.17, 15) is 14.0 Å². The summed E-state index contributed by atoms with van der Waals surface area (Å²) in [5.74, 6) is -0.869. The van der Waals surface area contributed by atoms with Gasteiger partial charge in [-0.3, -0.25) is 14.6 Å². The Morgan fingerprint density at radius 2 is 1.90 bits per heavy atom. The van der Waals surface area contributed by atoms with Crippen molar-refractivity contribution in [3.8, 4) is 0 Å². The molecule has 0 bridgehead atoms. The molecule has 1 aliphatic rings. The molecule has 1 atom stereocenters. The van der Waals surface area contributed by atoms with Crippen molar-refractivity contribution in [3.63, 3.8) is 0 Å². The first-order valence-electron chi connectivity index (χ1n) is 9.43. The predicted octanol–water partition coefficient (Wildman–Crippen LogP) is 3.74. The number of carbonyl (C=O) groups excluding carboxylic acids is 2.